The highest BCUT2D eigenvalue weighted by Crippen LogP contribution is 2.48. The smallest absolute Gasteiger partial charge is 0.0158 e. The van der Waals surface area contributed by atoms with Crippen LogP contribution in [0.3, 0.4) is 0 Å². The lowest BCUT2D eigenvalue weighted by atomic mass is 9.88. The molecule has 2 aliphatic carbocycles. The minimum atomic E-state index is 0.532. The van der Waals surface area contributed by atoms with Crippen LogP contribution in [0.1, 0.15) is 45.4 Å². The van der Waals surface area contributed by atoms with E-state index in [0.29, 0.717) is 5.54 Å². The molecule has 1 aliphatic heterocycles. The molecule has 0 spiro atoms. The van der Waals surface area contributed by atoms with Crippen molar-refractivity contribution < 1.29 is 0 Å². The molecule has 4 bridgehead atoms. The highest BCUT2D eigenvalue weighted by Gasteiger charge is 2.45. The Kier molecular flexibility index (Phi) is 1.39. The fraction of sp³-hybridized carbons (Fsp3) is 1.00. The normalized spacial score (nSPS) is 57.2. The number of fused-ring (bicyclic) bond motifs is 5. The van der Waals surface area contributed by atoms with Crippen LogP contribution in [0.5, 0.6) is 0 Å². The van der Waals surface area contributed by atoms with Crippen molar-refractivity contribution >= 4 is 0 Å². The van der Waals surface area contributed by atoms with Crippen molar-refractivity contribution in [3.63, 3.8) is 0 Å². The summed E-state index contributed by atoms with van der Waals surface area (Å²) in [5.74, 6) is 2.17. The highest BCUT2D eigenvalue weighted by atomic mass is 15.0. The van der Waals surface area contributed by atoms with Crippen LogP contribution in [-0.2, 0) is 0 Å². The van der Waals surface area contributed by atoms with Crippen LogP contribution < -0.4 is 5.32 Å². The van der Waals surface area contributed by atoms with Gasteiger partial charge >= 0.3 is 0 Å². The number of hydrogen-bond donors (Lipinski definition) is 1. The maximum atomic E-state index is 3.88. The average Bonchev–Trinajstić information content (AvgIpc) is 2.52. The summed E-state index contributed by atoms with van der Waals surface area (Å²) in [5.41, 5.74) is 0.532. The van der Waals surface area contributed by atoms with Gasteiger partial charge in [0, 0.05) is 11.6 Å². The van der Waals surface area contributed by atoms with Crippen LogP contribution in [0.2, 0.25) is 0 Å². The molecule has 3 aliphatic rings. The third-order valence-electron chi connectivity index (χ3n) is 4.47. The Balaban J connectivity index is 1.91. The molecule has 2 saturated carbocycles. The van der Waals surface area contributed by atoms with E-state index < -0.39 is 0 Å². The molecule has 68 valence electrons. The molecule has 1 heterocycles. The van der Waals surface area contributed by atoms with Crippen molar-refractivity contribution in [2.45, 2.75) is 57.0 Å². The Hall–Kier alpha value is -0.0400. The lowest BCUT2D eigenvalue weighted by molar-refractivity contribution is 0.312. The first kappa shape index (κ1) is 7.37. The van der Waals surface area contributed by atoms with Crippen LogP contribution >= 0.6 is 0 Å². The van der Waals surface area contributed by atoms with Gasteiger partial charge in [0.05, 0.1) is 0 Å². The van der Waals surface area contributed by atoms with Gasteiger partial charge in [0.15, 0.2) is 0 Å². The average molecular weight is 165 g/mol. The molecule has 1 heteroatoms. The summed E-state index contributed by atoms with van der Waals surface area (Å²) in [4.78, 5) is 0. The third kappa shape index (κ3) is 0.953. The lowest BCUT2D eigenvalue weighted by Crippen LogP contribution is -2.44. The molecule has 0 amide bonds. The van der Waals surface area contributed by atoms with E-state index in [0.717, 1.165) is 17.9 Å². The molecular formula is C11H19N. The Morgan fingerprint density at radius 3 is 3.00 bits per heavy atom. The second-order valence-corrected chi connectivity index (χ2v) is 5.48. The lowest BCUT2D eigenvalue weighted by Gasteiger charge is -2.29. The molecule has 3 fully saturated rings. The molecular weight excluding hydrogens is 146 g/mol. The quantitative estimate of drug-likeness (QED) is 0.581. The van der Waals surface area contributed by atoms with E-state index >= 15 is 0 Å². The van der Waals surface area contributed by atoms with Gasteiger partial charge in [0.1, 0.15) is 0 Å². The predicted octanol–water partition coefficient (Wildman–Crippen LogP) is 2.32. The van der Waals surface area contributed by atoms with Crippen LogP contribution in [0, 0.1) is 11.8 Å². The molecule has 4 atom stereocenters. The zero-order valence-electron chi connectivity index (χ0n) is 7.97. The Bertz CT molecular complexity index is 201. The first-order chi connectivity index (χ1) is 5.75. The molecule has 1 nitrogen and oxygen atoms in total. The van der Waals surface area contributed by atoms with Gasteiger partial charge in [0.25, 0.3) is 0 Å². The van der Waals surface area contributed by atoms with Crippen molar-refractivity contribution in [3.05, 3.63) is 0 Å². The Morgan fingerprint density at radius 2 is 2.08 bits per heavy atom. The van der Waals surface area contributed by atoms with Crippen LogP contribution in [-0.4, -0.2) is 11.6 Å². The van der Waals surface area contributed by atoms with E-state index in [9.17, 15) is 0 Å². The zero-order chi connectivity index (χ0) is 8.18. The molecule has 12 heavy (non-hydrogen) atoms. The molecule has 0 aromatic rings. The van der Waals surface area contributed by atoms with Gasteiger partial charge in [-0.1, -0.05) is 0 Å². The van der Waals surface area contributed by atoms with E-state index in [1.54, 1.807) is 0 Å². The van der Waals surface area contributed by atoms with Gasteiger partial charge in [-0.25, -0.2) is 0 Å². The van der Waals surface area contributed by atoms with Crippen molar-refractivity contribution in [1.29, 1.82) is 0 Å². The maximum absolute atomic E-state index is 3.88. The van der Waals surface area contributed by atoms with E-state index in [-0.39, 0.29) is 0 Å². The van der Waals surface area contributed by atoms with Gasteiger partial charge < -0.3 is 5.32 Å². The second-order valence-electron chi connectivity index (χ2n) is 5.48. The van der Waals surface area contributed by atoms with E-state index in [4.69, 9.17) is 0 Å². The minimum Gasteiger partial charge on any atom is -0.309 e. The zero-order valence-corrected chi connectivity index (χ0v) is 7.97. The summed E-state index contributed by atoms with van der Waals surface area (Å²) in [5, 5.41) is 3.88. The minimum absolute atomic E-state index is 0.532. The van der Waals surface area contributed by atoms with Crippen molar-refractivity contribution in [3.8, 4) is 0 Å². The first-order valence-corrected chi connectivity index (χ1v) is 5.53. The second kappa shape index (κ2) is 2.25. The Morgan fingerprint density at radius 1 is 1.17 bits per heavy atom. The fourth-order valence-corrected chi connectivity index (χ4v) is 3.89. The maximum Gasteiger partial charge on any atom is 0.0158 e. The van der Waals surface area contributed by atoms with Gasteiger partial charge in [-0.15, -0.1) is 0 Å². The summed E-state index contributed by atoms with van der Waals surface area (Å²) in [6.07, 6.45) is 8.86. The van der Waals surface area contributed by atoms with Crippen molar-refractivity contribution in [2.24, 2.45) is 11.8 Å². The summed E-state index contributed by atoms with van der Waals surface area (Å²) in [6.45, 7) is 2.44. The topological polar surface area (TPSA) is 12.0 Å². The van der Waals surface area contributed by atoms with Crippen LogP contribution in [0.25, 0.3) is 0 Å². The number of nitrogens with one attached hydrogen (secondary N) is 1. The Labute approximate surface area is 74.9 Å². The van der Waals surface area contributed by atoms with Gasteiger partial charge in [-0.3, -0.25) is 0 Å². The molecule has 1 saturated heterocycles. The molecule has 3 rings (SSSR count). The molecule has 1 N–H and O–H groups in total. The molecule has 3 unspecified atom stereocenters. The van der Waals surface area contributed by atoms with E-state index in [1.807, 2.05) is 0 Å². The molecule has 0 radical (unpaired) electrons. The van der Waals surface area contributed by atoms with Gasteiger partial charge in [-0.2, -0.15) is 0 Å². The third-order valence-corrected chi connectivity index (χ3v) is 4.47. The van der Waals surface area contributed by atoms with Crippen LogP contribution in [0.4, 0.5) is 0 Å². The molecule has 0 aromatic heterocycles. The fourth-order valence-electron chi connectivity index (χ4n) is 3.89. The summed E-state index contributed by atoms with van der Waals surface area (Å²) in [7, 11) is 0. The largest absolute Gasteiger partial charge is 0.309 e. The SMILES string of the molecule is CC12CC[C@@H](C1)C1CCC(C1)N2. The van der Waals surface area contributed by atoms with Gasteiger partial charge in [0.2, 0.25) is 0 Å². The standard InChI is InChI=1S/C11H19N/c1-11-5-4-9(7-11)8-2-3-10(6-8)12-11/h8-10,12H,2-7H2,1H3/t8?,9-,10?,11?/m0/s1. The van der Waals surface area contributed by atoms with E-state index in [1.165, 1.54) is 38.5 Å². The predicted molar refractivity (Wildman–Crippen MR) is 50.0 cm³/mol. The first-order valence-electron chi connectivity index (χ1n) is 5.53. The summed E-state index contributed by atoms with van der Waals surface area (Å²) in [6, 6.07) is 0.880. The summed E-state index contributed by atoms with van der Waals surface area (Å²) >= 11 is 0. The summed E-state index contributed by atoms with van der Waals surface area (Å²) < 4.78 is 0. The molecule has 0 aromatic carbocycles. The van der Waals surface area contributed by atoms with Crippen LogP contribution in [0.15, 0.2) is 0 Å². The van der Waals surface area contributed by atoms with E-state index in [2.05, 4.69) is 12.2 Å². The number of rotatable bonds is 0. The van der Waals surface area contributed by atoms with Gasteiger partial charge in [-0.05, 0) is 57.3 Å². The van der Waals surface area contributed by atoms with Crippen molar-refractivity contribution in [2.75, 3.05) is 0 Å². The highest BCUT2D eigenvalue weighted by molar-refractivity contribution is 5.03. The monoisotopic (exact) mass is 165 g/mol. The number of hydrogen-bond acceptors (Lipinski definition) is 1. The van der Waals surface area contributed by atoms with Crippen molar-refractivity contribution in [1.82, 2.24) is 5.32 Å².